The minimum absolute atomic E-state index is 0.0751. The Balaban J connectivity index is 0.000000310. The number of hydrogen-bond acceptors (Lipinski definition) is 4. The third kappa shape index (κ3) is 39.5. The fraction of sp³-hybridized carbons (Fsp3) is 0.286. The predicted octanol–water partition coefficient (Wildman–Crippen LogP) is 26.9. The number of rotatable bonds is 10. The van der Waals surface area contributed by atoms with Crippen molar-refractivity contribution in [3.05, 3.63) is 365 Å². The number of amides is 1. The molecule has 0 unspecified atom stereocenters. The number of nitrogens with one attached hydrogen (secondary N) is 1. The number of aryl methyl sites for hydroxylation is 16. The molecule has 0 saturated carbocycles. The van der Waals surface area contributed by atoms with E-state index in [9.17, 15) is 4.79 Å². The molecule has 0 aliphatic rings. The molecule has 0 fully saturated rings. The summed E-state index contributed by atoms with van der Waals surface area (Å²) in [5.41, 5.74) is 29.0. The van der Waals surface area contributed by atoms with Gasteiger partial charge in [-0.15, -0.1) is 0 Å². The molecule has 1 N–H and O–H groups in total. The van der Waals surface area contributed by atoms with Gasteiger partial charge in [-0.2, -0.15) is 0 Å². The van der Waals surface area contributed by atoms with Crippen molar-refractivity contribution >= 4 is 35.9 Å². The molecule has 0 aliphatic heterocycles. The first-order valence-corrected chi connectivity index (χ1v) is 36.5. The van der Waals surface area contributed by atoms with Gasteiger partial charge in [0.25, 0.3) is 5.91 Å². The second-order valence-electron chi connectivity index (χ2n) is 27.7. The van der Waals surface area contributed by atoms with Crippen LogP contribution in [0.1, 0.15) is 207 Å². The summed E-state index contributed by atoms with van der Waals surface area (Å²) < 4.78 is 0. The van der Waals surface area contributed by atoms with Crippen LogP contribution >= 0.6 is 0 Å². The van der Waals surface area contributed by atoms with E-state index < -0.39 is 0 Å². The van der Waals surface area contributed by atoms with E-state index in [0.29, 0.717) is 11.0 Å². The molecule has 11 aromatic rings. The van der Waals surface area contributed by atoms with Crippen LogP contribution in [0, 0.1) is 128 Å². The molecular formula is C98H120N4O. The molecule has 0 spiro atoms. The molecular weight excluding hydrogens is 1250 g/mol. The van der Waals surface area contributed by atoms with E-state index in [4.69, 9.17) is 0 Å². The van der Waals surface area contributed by atoms with Gasteiger partial charge in [-0.05, 0) is 252 Å². The summed E-state index contributed by atoms with van der Waals surface area (Å²) in [6.45, 7) is 46.6. The van der Waals surface area contributed by atoms with Crippen LogP contribution in [0.2, 0.25) is 0 Å². The molecule has 5 heteroatoms. The van der Waals surface area contributed by atoms with Crippen LogP contribution in [-0.4, -0.2) is 20.9 Å². The number of aromatic nitrogens is 3. The topological polar surface area (TPSA) is 67.8 Å². The van der Waals surface area contributed by atoms with Gasteiger partial charge in [0.2, 0.25) is 0 Å². The van der Waals surface area contributed by atoms with Gasteiger partial charge >= 0.3 is 0 Å². The Kier molecular flexibility index (Phi) is 41.0. The van der Waals surface area contributed by atoms with Gasteiger partial charge in [0.1, 0.15) is 0 Å². The van der Waals surface area contributed by atoms with Crippen LogP contribution in [0.15, 0.2) is 237 Å². The first-order chi connectivity index (χ1) is 49.1. The zero-order chi connectivity index (χ0) is 76.1. The largest absolute Gasteiger partial charge is 0.322 e. The zero-order valence-electron chi connectivity index (χ0n) is 66.6. The Labute approximate surface area is 624 Å². The lowest BCUT2D eigenvalue weighted by Gasteiger charge is -2.22. The van der Waals surface area contributed by atoms with Crippen LogP contribution in [-0.2, 0) is 0 Å². The Morgan fingerprint density at radius 3 is 1.04 bits per heavy atom. The van der Waals surface area contributed by atoms with Gasteiger partial charge in [-0.1, -0.05) is 287 Å². The monoisotopic (exact) mass is 1370 g/mol. The predicted molar refractivity (Wildman–Crippen MR) is 451 cm³/mol. The van der Waals surface area contributed by atoms with E-state index in [0.717, 1.165) is 39.5 Å². The number of nitrogens with zero attached hydrogens (tertiary/aromatic N) is 3. The van der Waals surface area contributed by atoms with Crippen LogP contribution in [0.4, 0.5) is 5.69 Å². The van der Waals surface area contributed by atoms with E-state index in [2.05, 4.69) is 306 Å². The standard InChI is InChI=1S/C18H20.C16H16.C16H14.C15H15NO.C9H20.3C7H9N.C3H8/c1-13-5-7-17(15(3)11-13)9-10-18-8-6-14(2)12-16(18)4;2*1-13-3-7-15(8-4-13)11-12-16-9-5-14(2)6-10-16;1-11-3-7-13(8-4-11)15(17)16-14-9-5-12(2)6-10-14;1-5-7-9(3,4)8-6-2;1-6-3-7(2)5-8-4-6;1-6-3-4-8-7(2)5-6;1-6-4-3-5-7(2)8-6;1-3-2/h5-12H,1-4H3;3-12H,1-2H3;3-10H,1-2H3;3-10H,1-2H3,(H,16,17);5-8H2,1-4H3;3*3-5H,1-2H3;3H2,1-2H3/b10-9+;12-11+;;;;;;;. The molecule has 0 radical (unpaired) electrons. The molecule has 0 atom stereocenters. The minimum Gasteiger partial charge on any atom is -0.322 e. The molecule has 3 aromatic heterocycles. The normalized spacial score (nSPS) is 10.1. The molecule has 103 heavy (non-hydrogen) atoms. The summed E-state index contributed by atoms with van der Waals surface area (Å²) in [6, 6.07) is 74.2. The molecule has 0 bridgehead atoms. The first-order valence-electron chi connectivity index (χ1n) is 36.5. The minimum atomic E-state index is -0.0751. The van der Waals surface area contributed by atoms with Crippen LogP contribution in [0.5, 0.6) is 0 Å². The zero-order valence-corrected chi connectivity index (χ0v) is 66.6. The molecule has 11 rings (SSSR count). The summed E-state index contributed by atoms with van der Waals surface area (Å²) in [6.07, 6.45) is 20.9. The Bertz CT molecular complexity index is 4000. The molecule has 538 valence electrons. The second-order valence-corrected chi connectivity index (χ2v) is 27.7. The van der Waals surface area contributed by atoms with Crippen molar-refractivity contribution in [3.8, 4) is 11.8 Å². The molecule has 0 saturated heterocycles. The number of carbonyl (C=O) groups excluding carboxylic acids is 1. The van der Waals surface area contributed by atoms with Crippen molar-refractivity contribution in [2.24, 2.45) is 5.41 Å². The number of anilines is 1. The third-order valence-corrected chi connectivity index (χ3v) is 15.9. The third-order valence-electron chi connectivity index (χ3n) is 15.9. The van der Waals surface area contributed by atoms with Crippen molar-refractivity contribution in [3.63, 3.8) is 0 Å². The van der Waals surface area contributed by atoms with Gasteiger partial charge in [0.15, 0.2) is 0 Å². The van der Waals surface area contributed by atoms with Crippen LogP contribution < -0.4 is 5.32 Å². The van der Waals surface area contributed by atoms with Crippen molar-refractivity contribution in [1.82, 2.24) is 15.0 Å². The summed E-state index contributed by atoms with van der Waals surface area (Å²) in [5, 5.41) is 2.87. The SMILES string of the molecule is CCC.CCCC(C)(C)CCC.Cc1ccc(/C=C/c2ccc(C)cc2)cc1.Cc1ccc(/C=C/c2ccc(C)cc2C)c(C)c1.Cc1ccc(C#Cc2ccc(C)cc2)cc1.Cc1ccc(NC(=O)c2ccc(C)cc2)cc1.Cc1cccc(C)n1.Cc1ccnc(C)c1.Cc1cncc(C)c1. The lowest BCUT2D eigenvalue weighted by molar-refractivity contribution is 0.102. The highest BCUT2D eigenvalue weighted by molar-refractivity contribution is 6.04. The molecule has 3 heterocycles. The molecule has 1 amide bonds. The van der Waals surface area contributed by atoms with Gasteiger partial charge in [0.05, 0.1) is 0 Å². The maximum Gasteiger partial charge on any atom is 0.255 e. The van der Waals surface area contributed by atoms with E-state index in [1.165, 1.54) is 121 Å². The lowest BCUT2D eigenvalue weighted by atomic mass is 9.84. The van der Waals surface area contributed by atoms with Crippen molar-refractivity contribution in [2.75, 3.05) is 5.32 Å². The smallest absolute Gasteiger partial charge is 0.255 e. The summed E-state index contributed by atoms with van der Waals surface area (Å²) >= 11 is 0. The number of carbonyl (C=O) groups is 1. The summed E-state index contributed by atoms with van der Waals surface area (Å²) in [5.74, 6) is 6.24. The number of pyridine rings is 3. The number of benzene rings is 8. The van der Waals surface area contributed by atoms with Crippen molar-refractivity contribution < 1.29 is 4.79 Å². The highest BCUT2D eigenvalue weighted by Gasteiger charge is 2.14. The van der Waals surface area contributed by atoms with E-state index in [1.807, 2.05) is 140 Å². The highest BCUT2D eigenvalue weighted by atomic mass is 16.1. The van der Waals surface area contributed by atoms with Crippen molar-refractivity contribution in [2.45, 2.75) is 184 Å². The quantitative estimate of drug-likeness (QED) is 0.109. The van der Waals surface area contributed by atoms with Gasteiger partial charge in [0, 0.05) is 58.1 Å². The van der Waals surface area contributed by atoms with Gasteiger partial charge in [-0.25, -0.2) is 0 Å². The van der Waals surface area contributed by atoms with Gasteiger partial charge < -0.3 is 5.32 Å². The highest BCUT2D eigenvalue weighted by Crippen LogP contribution is 2.27. The first kappa shape index (κ1) is 86.9. The van der Waals surface area contributed by atoms with E-state index in [1.54, 1.807) is 0 Å². The van der Waals surface area contributed by atoms with E-state index in [-0.39, 0.29) is 5.91 Å². The van der Waals surface area contributed by atoms with Crippen LogP contribution in [0.25, 0.3) is 24.3 Å². The summed E-state index contributed by atoms with van der Waals surface area (Å²) in [4.78, 5) is 24.1. The number of hydrogen-bond donors (Lipinski definition) is 1. The molecule has 8 aromatic carbocycles. The fourth-order valence-corrected chi connectivity index (χ4v) is 10.3. The maximum atomic E-state index is 11.9. The average Bonchev–Trinajstić information content (AvgIpc) is 0.900. The molecule has 5 nitrogen and oxygen atoms in total. The Hall–Kier alpha value is -10.3. The van der Waals surface area contributed by atoms with Crippen LogP contribution in [0.3, 0.4) is 0 Å². The summed E-state index contributed by atoms with van der Waals surface area (Å²) in [7, 11) is 0. The fourth-order valence-electron chi connectivity index (χ4n) is 10.3. The lowest BCUT2D eigenvalue weighted by Crippen LogP contribution is -2.11. The Morgan fingerprint density at radius 2 is 0.728 bits per heavy atom. The van der Waals surface area contributed by atoms with Crippen molar-refractivity contribution in [1.29, 1.82) is 0 Å². The second kappa shape index (κ2) is 48.5. The maximum absolute atomic E-state index is 11.9. The molecule has 0 aliphatic carbocycles. The van der Waals surface area contributed by atoms with E-state index >= 15 is 0 Å². The van der Waals surface area contributed by atoms with Gasteiger partial charge in [-0.3, -0.25) is 19.7 Å². The average molecular weight is 1370 g/mol. The Morgan fingerprint density at radius 1 is 0.379 bits per heavy atom.